The molecule has 20 heavy (non-hydrogen) atoms. The number of carbonyl (C=O) groups is 1. The third kappa shape index (κ3) is 2.91. The number of benzene rings is 2. The first kappa shape index (κ1) is 14.4. The molecule has 0 N–H and O–H groups in total. The standard InChI is InChI=1S/C15H8BrF2NO/c16-14-4-2-1-3-12(14)15(20)13(8-19)9-5-10(17)7-11(18)6-9/h1-7,13H. The van der Waals surface area contributed by atoms with Crippen molar-refractivity contribution in [3.8, 4) is 6.07 Å². The van der Waals surface area contributed by atoms with Crippen LogP contribution in [-0.2, 0) is 0 Å². The molecule has 2 aromatic carbocycles. The van der Waals surface area contributed by atoms with E-state index in [1.807, 2.05) is 0 Å². The molecule has 1 atom stereocenters. The molecule has 0 bridgehead atoms. The first-order valence-electron chi connectivity index (χ1n) is 5.67. The minimum Gasteiger partial charge on any atom is -0.292 e. The molecule has 0 radical (unpaired) electrons. The molecule has 0 aliphatic heterocycles. The summed E-state index contributed by atoms with van der Waals surface area (Å²) in [4.78, 5) is 12.3. The first-order valence-corrected chi connectivity index (χ1v) is 6.46. The van der Waals surface area contributed by atoms with Crippen molar-refractivity contribution >= 4 is 21.7 Å². The summed E-state index contributed by atoms with van der Waals surface area (Å²) in [6.45, 7) is 0. The summed E-state index contributed by atoms with van der Waals surface area (Å²) in [6, 6.07) is 11.1. The highest BCUT2D eigenvalue weighted by atomic mass is 79.9. The van der Waals surface area contributed by atoms with Crippen molar-refractivity contribution in [1.82, 2.24) is 0 Å². The zero-order chi connectivity index (χ0) is 14.7. The topological polar surface area (TPSA) is 40.9 Å². The molecule has 0 amide bonds. The van der Waals surface area contributed by atoms with Crippen LogP contribution in [0.2, 0.25) is 0 Å². The SMILES string of the molecule is N#CC(C(=O)c1ccccc1Br)c1cc(F)cc(F)c1. The van der Waals surface area contributed by atoms with Gasteiger partial charge in [-0.25, -0.2) is 8.78 Å². The van der Waals surface area contributed by atoms with E-state index in [1.54, 1.807) is 30.3 Å². The number of hydrogen-bond donors (Lipinski definition) is 0. The molecule has 0 fully saturated rings. The van der Waals surface area contributed by atoms with Crippen LogP contribution in [0.25, 0.3) is 0 Å². The predicted octanol–water partition coefficient (Wildman–Crippen LogP) is 4.22. The van der Waals surface area contributed by atoms with E-state index < -0.39 is 23.3 Å². The van der Waals surface area contributed by atoms with Crippen molar-refractivity contribution in [3.05, 3.63) is 69.7 Å². The average Bonchev–Trinajstić information content (AvgIpc) is 2.38. The summed E-state index contributed by atoms with van der Waals surface area (Å²) in [5, 5.41) is 9.15. The molecule has 1 unspecified atom stereocenters. The molecule has 0 aliphatic rings. The Bertz CT molecular complexity index is 689. The van der Waals surface area contributed by atoms with Crippen LogP contribution in [0.3, 0.4) is 0 Å². The van der Waals surface area contributed by atoms with Gasteiger partial charge in [0.2, 0.25) is 0 Å². The second-order valence-electron chi connectivity index (χ2n) is 4.11. The van der Waals surface area contributed by atoms with Crippen LogP contribution in [0.15, 0.2) is 46.9 Å². The summed E-state index contributed by atoms with van der Waals surface area (Å²) in [5.41, 5.74) is 0.300. The summed E-state index contributed by atoms with van der Waals surface area (Å²) in [7, 11) is 0. The number of ketones is 1. The van der Waals surface area contributed by atoms with Gasteiger partial charge < -0.3 is 0 Å². The van der Waals surface area contributed by atoms with Crippen LogP contribution in [0.5, 0.6) is 0 Å². The highest BCUT2D eigenvalue weighted by molar-refractivity contribution is 9.10. The lowest BCUT2D eigenvalue weighted by Gasteiger charge is -2.10. The fraction of sp³-hybridized carbons (Fsp3) is 0.0667. The van der Waals surface area contributed by atoms with E-state index in [9.17, 15) is 13.6 Å². The monoisotopic (exact) mass is 335 g/mol. The van der Waals surface area contributed by atoms with Gasteiger partial charge in [0.25, 0.3) is 0 Å². The van der Waals surface area contributed by atoms with E-state index >= 15 is 0 Å². The van der Waals surface area contributed by atoms with Crippen molar-refractivity contribution < 1.29 is 13.6 Å². The van der Waals surface area contributed by atoms with E-state index in [-0.39, 0.29) is 5.56 Å². The van der Waals surface area contributed by atoms with E-state index in [4.69, 9.17) is 5.26 Å². The maximum atomic E-state index is 13.2. The zero-order valence-corrected chi connectivity index (χ0v) is 11.7. The smallest absolute Gasteiger partial charge is 0.185 e. The Hall–Kier alpha value is -2.06. The van der Waals surface area contributed by atoms with E-state index in [2.05, 4.69) is 15.9 Å². The molecular formula is C15H8BrF2NO. The second-order valence-corrected chi connectivity index (χ2v) is 4.96. The molecule has 2 rings (SSSR count). The number of nitrogens with zero attached hydrogens (tertiary/aromatic N) is 1. The Morgan fingerprint density at radius 1 is 1.15 bits per heavy atom. The van der Waals surface area contributed by atoms with Crippen LogP contribution < -0.4 is 0 Å². The Labute approximate surface area is 122 Å². The van der Waals surface area contributed by atoms with Gasteiger partial charge in [-0.2, -0.15) is 5.26 Å². The number of Topliss-reactive ketones (excluding diaryl/α,β-unsaturated/α-hetero) is 1. The largest absolute Gasteiger partial charge is 0.292 e. The van der Waals surface area contributed by atoms with Crippen molar-refractivity contribution in [2.45, 2.75) is 5.92 Å². The van der Waals surface area contributed by atoms with E-state index in [1.165, 1.54) is 0 Å². The number of nitriles is 1. The van der Waals surface area contributed by atoms with Crippen LogP contribution in [0.4, 0.5) is 8.78 Å². The van der Waals surface area contributed by atoms with Gasteiger partial charge in [-0.05, 0) is 23.8 Å². The third-order valence-corrected chi connectivity index (χ3v) is 3.44. The Morgan fingerprint density at radius 2 is 1.75 bits per heavy atom. The molecule has 2 aromatic rings. The van der Waals surface area contributed by atoms with Gasteiger partial charge in [0, 0.05) is 16.1 Å². The maximum absolute atomic E-state index is 13.2. The fourth-order valence-corrected chi connectivity index (χ4v) is 2.32. The summed E-state index contributed by atoms with van der Waals surface area (Å²) in [6.07, 6.45) is 0. The highest BCUT2D eigenvalue weighted by Crippen LogP contribution is 2.26. The van der Waals surface area contributed by atoms with Crippen molar-refractivity contribution in [3.63, 3.8) is 0 Å². The zero-order valence-electron chi connectivity index (χ0n) is 10.1. The number of rotatable bonds is 3. The minimum atomic E-state index is -1.25. The second kappa shape index (κ2) is 5.93. The van der Waals surface area contributed by atoms with Gasteiger partial charge in [-0.1, -0.05) is 34.1 Å². The Kier molecular flexibility index (Phi) is 4.26. The molecule has 0 aliphatic carbocycles. The molecule has 5 heteroatoms. The molecule has 100 valence electrons. The molecule has 0 heterocycles. The first-order chi connectivity index (χ1) is 9.52. The molecular weight excluding hydrogens is 328 g/mol. The minimum absolute atomic E-state index is 0.00533. The predicted molar refractivity (Wildman–Crippen MR) is 73.2 cm³/mol. The van der Waals surface area contributed by atoms with Crippen molar-refractivity contribution in [1.29, 1.82) is 5.26 Å². The van der Waals surface area contributed by atoms with Gasteiger partial charge in [0.1, 0.15) is 17.6 Å². The van der Waals surface area contributed by atoms with Gasteiger partial charge in [0.05, 0.1) is 6.07 Å². The summed E-state index contributed by atoms with van der Waals surface area (Å²) < 4.78 is 26.9. The normalized spacial score (nSPS) is 11.7. The maximum Gasteiger partial charge on any atom is 0.185 e. The van der Waals surface area contributed by atoms with Crippen LogP contribution in [0.1, 0.15) is 21.8 Å². The van der Waals surface area contributed by atoms with Gasteiger partial charge in [-0.3, -0.25) is 4.79 Å². The van der Waals surface area contributed by atoms with Gasteiger partial charge in [-0.15, -0.1) is 0 Å². The lowest BCUT2D eigenvalue weighted by atomic mass is 9.92. The molecule has 0 saturated carbocycles. The number of carbonyl (C=O) groups excluding carboxylic acids is 1. The van der Waals surface area contributed by atoms with Gasteiger partial charge in [0.15, 0.2) is 5.78 Å². The lowest BCUT2D eigenvalue weighted by Crippen LogP contribution is -2.12. The quantitative estimate of drug-likeness (QED) is 0.788. The van der Waals surface area contributed by atoms with E-state index in [0.29, 0.717) is 16.1 Å². The Morgan fingerprint density at radius 3 is 2.30 bits per heavy atom. The fourth-order valence-electron chi connectivity index (χ4n) is 1.84. The lowest BCUT2D eigenvalue weighted by molar-refractivity contribution is 0.0978. The number of hydrogen-bond acceptors (Lipinski definition) is 2. The number of halogens is 3. The van der Waals surface area contributed by atoms with Crippen LogP contribution in [0, 0.1) is 23.0 Å². The van der Waals surface area contributed by atoms with Crippen LogP contribution in [-0.4, -0.2) is 5.78 Å². The summed E-state index contributed by atoms with van der Waals surface area (Å²) >= 11 is 3.22. The van der Waals surface area contributed by atoms with Crippen LogP contribution >= 0.6 is 15.9 Å². The van der Waals surface area contributed by atoms with Crippen molar-refractivity contribution in [2.24, 2.45) is 0 Å². The average molecular weight is 336 g/mol. The molecule has 2 nitrogen and oxygen atoms in total. The molecule has 0 aromatic heterocycles. The molecule has 0 saturated heterocycles. The summed E-state index contributed by atoms with van der Waals surface area (Å²) in [5.74, 6) is -3.40. The Balaban J connectivity index is 2.46. The highest BCUT2D eigenvalue weighted by Gasteiger charge is 2.24. The van der Waals surface area contributed by atoms with Crippen molar-refractivity contribution in [2.75, 3.05) is 0 Å². The molecule has 0 spiro atoms. The van der Waals surface area contributed by atoms with E-state index in [0.717, 1.165) is 12.1 Å². The van der Waals surface area contributed by atoms with Gasteiger partial charge >= 0.3 is 0 Å². The third-order valence-electron chi connectivity index (χ3n) is 2.75.